The van der Waals surface area contributed by atoms with Crippen LogP contribution in [0.15, 0.2) is 47.6 Å². The molecule has 1 aromatic heterocycles. The minimum atomic E-state index is 0.380. The highest BCUT2D eigenvalue weighted by Gasteiger charge is 2.11. The lowest BCUT2D eigenvalue weighted by Crippen LogP contribution is -1.98. The summed E-state index contributed by atoms with van der Waals surface area (Å²) in [7, 11) is 3.18. The number of ether oxygens (including phenoxy) is 3. The molecule has 0 atom stereocenters. The number of H-pyrrole nitrogens is 1. The quantitative estimate of drug-likeness (QED) is 0.494. The van der Waals surface area contributed by atoms with Gasteiger partial charge in [-0.05, 0) is 43.4 Å². The lowest BCUT2D eigenvalue weighted by atomic mass is 10.2. The summed E-state index contributed by atoms with van der Waals surface area (Å²) in [5.41, 5.74) is 1.59. The first-order valence-electron chi connectivity index (χ1n) is 8.34. The van der Waals surface area contributed by atoms with Crippen LogP contribution in [0.5, 0.6) is 17.2 Å². The molecule has 0 aliphatic carbocycles. The fourth-order valence-corrected chi connectivity index (χ4v) is 2.79. The van der Waals surface area contributed by atoms with Gasteiger partial charge in [0.2, 0.25) is 4.77 Å². The van der Waals surface area contributed by atoms with Crippen LogP contribution in [0.1, 0.15) is 12.5 Å². The second kappa shape index (κ2) is 8.50. The molecule has 0 radical (unpaired) electrons. The first-order chi connectivity index (χ1) is 13.2. The molecule has 2 aromatic carbocycles. The Balaban J connectivity index is 2.00. The Morgan fingerprint density at radius 3 is 2.74 bits per heavy atom. The largest absolute Gasteiger partial charge is 0.494 e. The predicted molar refractivity (Wildman–Crippen MR) is 107 cm³/mol. The number of methoxy groups -OCH3 is 2. The van der Waals surface area contributed by atoms with Crippen molar-refractivity contribution in [3.05, 3.63) is 52.8 Å². The molecule has 0 aliphatic heterocycles. The zero-order chi connectivity index (χ0) is 19.2. The van der Waals surface area contributed by atoms with Crippen LogP contribution in [0.2, 0.25) is 0 Å². The number of rotatable bonds is 7. The molecule has 0 spiro atoms. The van der Waals surface area contributed by atoms with Crippen molar-refractivity contribution in [3.63, 3.8) is 0 Å². The summed E-state index contributed by atoms with van der Waals surface area (Å²) < 4.78 is 18.2. The monoisotopic (exact) mass is 384 g/mol. The Kier molecular flexibility index (Phi) is 5.87. The van der Waals surface area contributed by atoms with Crippen molar-refractivity contribution in [3.8, 4) is 28.6 Å². The Labute approximate surface area is 162 Å². The highest BCUT2D eigenvalue weighted by Crippen LogP contribution is 2.29. The maximum Gasteiger partial charge on any atom is 0.216 e. The van der Waals surface area contributed by atoms with E-state index in [1.54, 1.807) is 25.1 Å². The number of para-hydroxylation sites is 1. The molecule has 0 aliphatic rings. The third-order valence-corrected chi connectivity index (χ3v) is 4.06. The molecule has 3 rings (SSSR count). The predicted octanol–water partition coefficient (Wildman–Crippen LogP) is 3.91. The molecular formula is C19H20N4O3S. The summed E-state index contributed by atoms with van der Waals surface area (Å²) in [6, 6.07) is 13.2. The number of aromatic nitrogens is 3. The van der Waals surface area contributed by atoms with Crippen LogP contribution >= 0.6 is 12.2 Å². The van der Waals surface area contributed by atoms with E-state index >= 15 is 0 Å². The lowest BCUT2D eigenvalue weighted by molar-refractivity contribution is 0.340. The summed E-state index contributed by atoms with van der Waals surface area (Å²) in [6.45, 7) is 2.53. The molecule has 1 heterocycles. The van der Waals surface area contributed by atoms with E-state index in [9.17, 15) is 0 Å². The molecule has 3 aromatic rings. The molecule has 0 amide bonds. The SMILES string of the molecule is CCOc1cccc(-c2n[nH]c(=S)n2/N=C/c2cccc(OC)c2OC)c1. The average molecular weight is 384 g/mol. The van der Waals surface area contributed by atoms with E-state index in [1.807, 2.05) is 49.4 Å². The molecule has 0 bridgehead atoms. The summed E-state index contributed by atoms with van der Waals surface area (Å²) in [5.74, 6) is 2.56. The maximum absolute atomic E-state index is 5.56. The van der Waals surface area contributed by atoms with Crippen LogP contribution in [0, 0.1) is 4.77 Å². The van der Waals surface area contributed by atoms with Crippen LogP contribution in [-0.4, -0.2) is 41.9 Å². The van der Waals surface area contributed by atoms with Gasteiger partial charge in [0, 0.05) is 11.1 Å². The van der Waals surface area contributed by atoms with Crippen molar-refractivity contribution < 1.29 is 14.2 Å². The van der Waals surface area contributed by atoms with Gasteiger partial charge in [0.25, 0.3) is 0 Å². The highest BCUT2D eigenvalue weighted by atomic mass is 32.1. The average Bonchev–Trinajstić information content (AvgIpc) is 3.06. The molecule has 0 saturated carbocycles. The van der Waals surface area contributed by atoms with Crippen molar-refractivity contribution in [1.29, 1.82) is 0 Å². The smallest absolute Gasteiger partial charge is 0.216 e. The third-order valence-electron chi connectivity index (χ3n) is 3.80. The van der Waals surface area contributed by atoms with Gasteiger partial charge in [-0.1, -0.05) is 18.2 Å². The number of hydrogen-bond donors (Lipinski definition) is 1. The first-order valence-corrected chi connectivity index (χ1v) is 8.74. The van der Waals surface area contributed by atoms with Crippen LogP contribution in [0.3, 0.4) is 0 Å². The summed E-state index contributed by atoms with van der Waals surface area (Å²) in [5, 5.41) is 11.6. The molecule has 0 saturated heterocycles. The van der Waals surface area contributed by atoms with Gasteiger partial charge in [0.1, 0.15) is 5.75 Å². The maximum atomic E-state index is 5.56. The minimum Gasteiger partial charge on any atom is -0.494 e. The van der Waals surface area contributed by atoms with Gasteiger partial charge in [-0.15, -0.1) is 0 Å². The third kappa shape index (κ3) is 4.01. The van der Waals surface area contributed by atoms with E-state index in [0.717, 1.165) is 16.9 Å². The summed E-state index contributed by atoms with van der Waals surface area (Å²) >= 11 is 5.33. The zero-order valence-electron chi connectivity index (χ0n) is 15.3. The van der Waals surface area contributed by atoms with Crippen molar-refractivity contribution in [2.24, 2.45) is 5.10 Å². The molecular weight excluding hydrogens is 364 g/mol. The Bertz CT molecular complexity index is 1010. The molecule has 7 nitrogen and oxygen atoms in total. The van der Waals surface area contributed by atoms with Gasteiger partial charge in [0.15, 0.2) is 17.3 Å². The molecule has 0 fully saturated rings. The summed E-state index contributed by atoms with van der Waals surface area (Å²) in [6.07, 6.45) is 1.66. The topological polar surface area (TPSA) is 73.7 Å². The Morgan fingerprint density at radius 2 is 2.00 bits per heavy atom. The van der Waals surface area contributed by atoms with Crippen LogP contribution in [0.4, 0.5) is 0 Å². The number of nitrogens with zero attached hydrogens (tertiary/aromatic N) is 3. The van der Waals surface area contributed by atoms with Crippen molar-refractivity contribution in [1.82, 2.24) is 14.9 Å². The van der Waals surface area contributed by atoms with Gasteiger partial charge < -0.3 is 14.2 Å². The fraction of sp³-hybridized carbons (Fsp3) is 0.211. The van der Waals surface area contributed by atoms with Crippen molar-refractivity contribution in [2.45, 2.75) is 6.92 Å². The van der Waals surface area contributed by atoms with Crippen LogP contribution in [0.25, 0.3) is 11.4 Å². The molecule has 8 heteroatoms. The lowest BCUT2D eigenvalue weighted by Gasteiger charge is -2.09. The fourth-order valence-electron chi connectivity index (χ4n) is 2.61. The van der Waals surface area contributed by atoms with Gasteiger partial charge in [-0.3, -0.25) is 0 Å². The van der Waals surface area contributed by atoms with Crippen LogP contribution < -0.4 is 14.2 Å². The van der Waals surface area contributed by atoms with E-state index in [2.05, 4.69) is 15.3 Å². The summed E-state index contributed by atoms with van der Waals surface area (Å²) in [4.78, 5) is 0. The van der Waals surface area contributed by atoms with Crippen molar-refractivity contribution in [2.75, 3.05) is 20.8 Å². The van der Waals surface area contributed by atoms with E-state index in [-0.39, 0.29) is 0 Å². The number of nitrogens with one attached hydrogen (secondary N) is 1. The molecule has 27 heavy (non-hydrogen) atoms. The second-order valence-corrected chi connectivity index (χ2v) is 5.84. The van der Waals surface area contributed by atoms with Gasteiger partial charge in [-0.25, -0.2) is 5.10 Å². The van der Waals surface area contributed by atoms with Gasteiger partial charge in [-0.2, -0.15) is 14.9 Å². The minimum absolute atomic E-state index is 0.380. The number of aromatic amines is 1. The standard InChI is InChI=1S/C19H20N4O3S/c1-4-26-15-9-5-7-13(11-15)18-21-22-19(27)23(18)20-12-14-8-6-10-16(24-2)17(14)25-3/h5-12H,4H2,1-3H3,(H,22,27)/b20-12+. The first kappa shape index (κ1) is 18.7. The molecule has 1 N–H and O–H groups in total. The van der Waals surface area contributed by atoms with E-state index in [0.29, 0.717) is 28.7 Å². The molecule has 0 unspecified atom stereocenters. The normalized spacial score (nSPS) is 10.9. The van der Waals surface area contributed by atoms with E-state index in [1.165, 1.54) is 0 Å². The van der Waals surface area contributed by atoms with Gasteiger partial charge >= 0.3 is 0 Å². The van der Waals surface area contributed by atoms with E-state index in [4.69, 9.17) is 26.4 Å². The van der Waals surface area contributed by atoms with Gasteiger partial charge in [0.05, 0.1) is 27.0 Å². The highest BCUT2D eigenvalue weighted by molar-refractivity contribution is 7.71. The van der Waals surface area contributed by atoms with Crippen molar-refractivity contribution >= 4 is 18.4 Å². The Hall–Kier alpha value is -3.13. The zero-order valence-corrected chi connectivity index (χ0v) is 16.1. The van der Waals surface area contributed by atoms with Crippen LogP contribution in [-0.2, 0) is 0 Å². The number of hydrogen-bond acceptors (Lipinski definition) is 6. The number of benzene rings is 2. The Morgan fingerprint density at radius 1 is 1.19 bits per heavy atom. The second-order valence-electron chi connectivity index (χ2n) is 5.45. The van der Waals surface area contributed by atoms with E-state index < -0.39 is 0 Å². The molecule has 140 valence electrons.